The summed E-state index contributed by atoms with van der Waals surface area (Å²) in [6.07, 6.45) is 2.90. The number of hydrogen-bond acceptors (Lipinski definition) is 6. The van der Waals surface area contributed by atoms with E-state index in [0.29, 0.717) is 5.56 Å². The van der Waals surface area contributed by atoms with Crippen molar-refractivity contribution in [3.8, 4) is 0 Å². The Morgan fingerprint density at radius 1 is 1.11 bits per heavy atom. The maximum absolute atomic E-state index is 12.6. The summed E-state index contributed by atoms with van der Waals surface area (Å²) < 4.78 is 26.8. The molecule has 0 bridgehead atoms. The number of aromatic nitrogens is 1. The number of nitrogens with one attached hydrogen (secondary N) is 3. The van der Waals surface area contributed by atoms with Crippen molar-refractivity contribution in [1.29, 1.82) is 0 Å². The maximum atomic E-state index is 12.6. The van der Waals surface area contributed by atoms with Gasteiger partial charge in [0.25, 0.3) is 21.8 Å². The number of hydrogen-bond donors (Lipinski definition) is 3. The molecular weight excluding hydrogens is 382 g/mol. The monoisotopic (exact) mass is 401 g/mol. The van der Waals surface area contributed by atoms with Crippen molar-refractivity contribution in [2.45, 2.75) is 24.8 Å². The first-order valence-electron chi connectivity index (χ1n) is 8.50. The summed E-state index contributed by atoms with van der Waals surface area (Å²) in [6.45, 7) is 3.54. The van der Waals surface area contributed by atoms with Crippen molar-refractivity contribution in [2.24, 2.45) is 10.9 Å². The van der Waals surface area contributed by atoms with Gasteiger partial charge in [0.05, 0.1) is 10.5 Å². The van der Waals surface area contributed by atoms with Crippen LogP contribution >= 0.6 is 0 Å². The van der Waals surface area contributed by atoms with Gasteiger partial charge in [-0.25, -0.2) is 8.42 Å². The Kier molecular flexibility index (Phi) is 5.41. The number of carbonyl (C=O) groups is 2. The third-order valence-corrected chi connectivity index (χ3v) is 5.45. The Bertz CT molecular complexity index is 1030. The van der Waals surface area contributed by atoms with Crippen molar-refractivity contribution in [1.82, 2.24) is 20.6 Å². The van der Waals surface area contributed by atoms with Crippen LogP contribution < -0.4 is 15.6 Å². The van der Waals surface area contributed by atoms with E-state index in [4.69, 9.17) is 0 Å². The lowest BCUT2D eigenvalue weighted by atomic mass is 10.0. The highest BCUT2D eigenvalue weighted by molar-refractivity contribution is 7.90. The molecule has 0 saturated heterocycles. The van der Waals surface area contributed by atoms with Gasteiger partial charge in [0.2, 0.25) is 0 Å². The second-order valence-electron chi connectivity index (χ2n) is 6.45. The summed E-state index contributed by atoms with van der Waals surface area (Å²) >= 11 is 0. The number of fused-ring (bicyclic) bond motifs is 1. The van der Waals surface area contributed by atoms with E-state index in [-0.39, 0.29) is 22.2 Å². The van der Waals surface area contributed by atoms with Crippen LogP contribution in [0.15, 0.2) is 58.7 Å². The van der Waals surface area contributed by atoms with Gasteiger partial charge in [0.1, 0.15) is 11.9 Å². The first-order valence-corrected chi connectivity index (χ1v) is 9.98. The number of aliphatic imine (C=N–C) groups is 1. The molecule has 1 aliphatic rings. The molecule has 1 aliphatic heterocycles. The summed E-state index contributed by atoms with van der Waals surface area (Å²) in [6, 6.07) is 8.63. The van der Waals surface area contributed by atoms with Crippen LogP contribution in [0.1, 0.15) is 29.8 Å². The minimum atomic E-state index is -3.70. The van der Waals surface area contributed by atoms with Crippen molar-refractivity contribution in [2.75, 3.05) is 0 Å². The Morgan fingerprint density at radius 2 is 1.86 bits per heavy atom. The van der Waals surface area contributed by atoms with Gasteiger partial charge >= 0.3 is 0 Å². The van der Waals surface area contributed by atoms with Gasteiger partial charge < -0.3 is 0 Å². The molecule has 3 rings (SSSR count). The van der Waals surface area contributed by atoms with E-state index >= 15 is 0 Å². The van der Waals surface area contributed by atoms with E-state index < -0.39 is 27.9 Å². The summed E-state index contributed by atoms with van der Waals surface area (Å²) in [4.78, 5) is 32.9. The zero-order valence-corrected chi connectivity index (χ0v) is 16.0. The SMILES string of the molecule is CC(C)[C@H](N=C1NS(=O)(=O)c2ccccc21)C(=O)NNC(=O)c1cccnc1. The molecule has 0 spiro atoms. The van der Waals surface area contributed by atoms with Gasteiger partial charge in [-0.05, 0) is 30.2 Å². The van der Waals surface area contributed by atoms with Crippen molar-refractivity contribution >= 4 is 27.7 Å². The molecule has 3 N–H and O–H groups in total. The molecule has 10 heteroatoms. The van der Waals surface area contributed by atoms with E-state index in [1.54, 1.807) is 44.2 Å². The number of pyridine rings is 1. The van der Waals surface area contributed by atoms with Gasteiger partial charge in [-0.1, -0.05) is 26.0 Å². The highest BCUT2D eigenvalue weighted by Gasteiger charge is 2.32. The van der Waals surface area contributed by atoms with Crippen molar-refractivity contribution in [3.63, 3.8) is 0 Å². The number of rotatable bonds is 4. The fraction of sp³-hybridized carbons (Fsp3) is 0.222. The van der Waals surface area contributed by atoms with Crippen molar-refractivity contribution < 1.29 is 18.0 Å². The standard InChI is InChI=1S/C18H19N5O4S/c1-11(2)15(18(25)22-21-17(24)12-6-5-9-19-10-12)20-16-13-7-3-4-8-14(13)28(26,27)23-16/h3-11,15H,1-2H3,(H,20,23)(H,21,24)(H,22,25)/t15-/m0/s1. The molecule has 0 saturated carbocycles. The minimum absolute atomic E-state index is 0.100. The van der Waals surface area contributed by atoms with Gasteiger partial charge in [-0.3, -0.25) is 35.1 Å². The number of benzene rings is 1. The van der Waals surface area contributed by atoms with Crippen LogP contribution in [-0.4, -0.2) is 37.1 Å². The zero-order valence-electron chi connectivity index (χ0n) is 15.2. The molecule has 146 valence electrons. The minimum Gasteiger partial charge on any atom is -0.271 e. The van der Waals surface area contributed by atoms with Gasteiger partial charge in [-0.2, -0.15) is 0 Å². The number of carbonyl (C=O) groups excluding carboxylic acids is 2. The quantitative estimate of drug-likeness (QED) is 0.646. The molecule has 1 aromatic carbocycles. The summed E-state index contributed by atoms with van der Waals surface area (Å²) in [5.74, 6) is -1.24. The van der Waals surface area contributed by atoms with E-state index in [0.717, 1.165) is 0 Å². The number of amidine groups is 1. The Balaban J connectivity index is 1.78. The molecule has 28 heavy (non-hydrogen) atoms. The van der Waals surface area contributed by atoms with Gasteiger partial charge in [0.15, 0.2) is 0 Å². The average molecular weight is 401 g/mol. The van der Waals surface area contributed by atoms with Crippen LogP contribution in [0.2, 0.25) is 0 Å². The third-order valence-electron chi connectivity index (χ3n) is 4.05. The third kappa shape index (κ3) is 4.01. The van der Waals surface area contributed by atoms with Crippen LogP contribution in [0.4, 0.5) is 0 Å². The Morgan fingerprint density at radius 3 is 2.54 bits per heavy atom. The first kappa shape index (κ1) is 19.5. The molecule has 1 atom stereocenters. The Labute approximate surface area is 162 Å². The molecule has 0 radical (unpaired) electrons. The molecule has 0 aliphatic carbocycles. The lowest BCUT2D eigenvalue weighted by Gasteiger charge is -2.17. The molecule has 0 unspecified atom stereocenters. The smallest absolute Gasteiger partial charge is 0.271 e. The van der Waals surface area contributed by atoms with Crippen LogP contribution in [0, 0.1) is 5.92 Å². The predicted octanol–water partition coefficient (Wildman–Crippen LogP) is 0.606. The number of amides is 2. The summed E-state index contributed by atoms with van der Waals surface area (Å²) in [5.41, 5.74) is 5.33. The topological polar surface area (TPSA) is 130 Å². The summed E-state index contributed by atoms with van der Waals surface area (Å²) in [5, 5.41) is 0. The van der Waals surface area contributed by atoms with E-state index in [1.165, 1.54) is 18.5 Å². The second-order valence-corrected chi connectivity index (χ2v) is 8.10. The number of sulfonamides is 1. The van der Waals surface area contributed by atoms with Crippen LogP contribution in [0.25, 0.3) is 0 Å². The molecule has 1 aromatic heterocycles. The molecular formula is C18H19N5O4S. The molecule has 9 nitrogen and oxygen atoms in total. The molecule has 2 aromatic rings. The normalized spacial score (nSPS) is 16.9. The highest BCUT2D eigenvalue weighted by atomic mass is 32.2. The lowest BCUT2D eigenvalue weighted by molar-refractivity contribution is -0.123. The van der Waals surface area contributed by atoms with E-state index in [1.807, 2.05) is 0 Å². The van der Waals surface area contributed by atoms with Crippen LogP contribution in [0.3, 0.4) is 0 Å². The molecule has 2 heterocycles. The van der Waals surface area contributed by atoms with Gasteiger partial charge in [-0.15, -0.1) is 0 Å². The fourth-order valence-corrected chi connectivity index (χ4v) is 3.88. The second kappa shape index (κ2) is 7.77. The largest absolute Gasteiger partial charge is 0.271 e. The number of nitrogens with zero attached hydrogens (tertiary/aromatic N) is 2. The highest BCUT2D eigenvalue weighted by Crippen LogP contribution is 2.23. The van der Waals surface area contributed by atoms with Gasteiger partial charge in [0, 0.05) is 18.0 Å². The number of hydrazine groups is 1. The molecule has 0 fully saturated rings. The summed E-state index contributed by atoms with van der Waals surface area (Å²) in [7, 11) is -3.70. The van der Waals surface area contributed by atoms with Crippen LogP contribution in [-0.2, 0) is 14.8 Å². The van der Waals surface area contributed by atoms with Crippen molar-refractivity contribution in [3.05, 3.63) is 59.9 Å². The van der Waals surface area contributed by atoms with E-state index in [2.05, 4.69) is 25.6 Å². The van der Waals surface area contributed by atoms with E-state index in [9.17, 15) is 18.0 Å². The lowest BCUT2D eigenvalue weighted by Crippen LogP contribution is -2.47. The average Bonchev–Trinajstić information content (AvgIpc) is 2.95. The maximum Gasteiger partial charge on any atom is 0.271 e. The molecule has 2 amide bonds. The first-order chi connectivity index (χ1) is 13.3. The Hall–Kier alpha value is -3.27. The van der Waals surface area contributed by atoms with Crippen LogP contribution in [0.5, 0.6) is 0 Å². The fourth-order valence-electron chi connectivity index (χ4n) is 2.64. The predicted molar refractivity (Wildman–Crippen MR) is 102 cm³/mol. The zero-order chi connectivity index (χ0) is 20.3.